The lowest BCUT2D eigenvalue weighted by molar-refractivity contribution is 0.0733. The Labute approximate surface area is 195 Å². The van der Waals surface area contributed by atoms with Gasteiger partial charge >= 0.3 is 5.97 Å². The van der Waals surface area contributed by atoms with Crippen LogP contribution in [0.4, 0.5) is 5.69 Å². The van der Waals surface area contributed by atoms with E-state index in [2.05, 4.69) is 0 Å². The minimum atomic E-state index is -0.824. The number of ketones is 1. The average Bonchev–Trinajstić information content (AvgIpc) is 2.86. The van der Waals surface area contributed by atoms with Crippen LogP contribution in [0.5, 0.6) is 23.0 Å². The van der Waals surface area contributed by atoms with Gasteiger partial charge < -0.3 is 29.4 Å². The number of hydrogen-bond donors (Lipinski definition) is 1. The fourth-order valence-corrected chi connectivity index (χ4v) is 3.05. The maximum absolute atomic E-state index is 12.9. The summed E-state index contributed by atoms with van der Waals surface area (Å²) in [6.45, 7) is 0. The predicted molar refractivity (Wildman–Crippen MR) is 125 cm³/mol. The fraction of sp³-hybridized carbons (Fsp3) is 0.120. The molecule has 0 heterocycles. The van der Waals surface area contributed by atoms with Crippen molar-refractivity contribution in [2.45, 2.75) is 0 Å². The van der Waals surface area contributed by atoms with Crippen molar-refractivity contribution in [1.29, 1.82) is 0 Å². The number of carbonyl (C=O) groups excluding carboxylic acids is 2. The van der Waals surface area contributed by atoms with E-state index in [-0.39, 0.29) is 27.8 Å². The Kier molecular flexibility index (Phi) is 7.86. The number of anilines is 1. The number of rotatable bonds is 9. The molecule has 0 unspecified atom stereocenters. The number of esters is 1. The molecular weight excluding hydrogens is 442 g/mol. The van der Waals surface area contributed by atoms with Crippen molar-refractivity contribution in [2.75, 3.05) is 26.6 Å². The van der Waals surface area contributed by atoms with Crippen molar-refractivity contribution in [3.05, 3.63) is 88.6 Å². The van der Waals surface area contributed by atoms with Gasteiger partial charge in [0.15, 0.2) is 17.3 Å². The molecule has 9 heteroatoms. The molecule has 34 heavy (non-hydrogen) atoms. The van der Waals surface area contributed by atoms with Crippen LogP contribution in [0.15, 0.2) is 66.7 Å². The van der Waals surface area contributed by atoms with Crippen LogP contribution in [-0.4, -0.2) is 38.3 Å². The topological polar surface area (TPSA) is 118 Å². The molecule has 0 saturated carbocycles. The summed E-state index contributed by atoms with van der Waals surface area (Å²) < 4.78 is 21.1. The van der Waals surface area contributed by atoms with Crippen LogP contribution in [0.25, 0.3) is 6.08 Å². The van der Waals surface area contributed by atoms with E-state index in [0.717, 1.165) is 6.07 Å². The highest BCUT2D eigenvalue weighted by Gasteiger charge is 2.17. The molecule has 0 spiro atoms. The van der Waals surface area contributed by atoms with E-state index in [1.807, 2.05) is 0 Å². The van der Waals surface area contributed by atoms with Gasteiger partial charge in [-0.3, -0.25) is 10.0 Å². The second-order valence-electron chi connectivity index (χ2n) is 6.89. The van der Waals surface area contributed by atoms with Crippen LogP contribution < -0.4 is 24.2 Å². The van der Waals surface area contributed by atoms with E-state index in [1.54, 1.807) is 30.3 Å². The minimum Gasteiger partial charge on any atom is -0.733 e. The summed E-state index contributed by atoms with van der Waals surface area (Å²) in [5.74, 6) is 0.168. The Hall–Kier alpha value is -4.34. The van der Waals surface area contributed by atoms with Crippen LogP contribution in [0.1, 0.15) is 26.3 Å². The van der Waals surface area contributed by atoms with Crippen LogP contribution in [0, 0.1) is 5.21 Å². The smallest absolute Gasteiger partial charge is 0.343 e. The van der Waals surface area contributed by atoms with Crippen molar-refractivity contribution in [1.82, 2.24) is 0 Å². The molecule has 0 fully saturated rings. The summed E-state index contributed by atoms with van der Waals surface area (Å²) in [5.41, 5.74) is 0.680. The Bertz CT molecular complexity index is 1220. The number of methoxy groups -OCH3 is 3. The Morgan fingerprint density at radius 1 is 0.882 bits per heavy atom. The zero-order valence-electron chi connectivity index (χ0n) is 18.7. The third-order valence-corrected chi connectivity index (χ3v) is 4.79. The molecule has 0 aromatic heterocycles. The van der Waals surface area contributed by atoms with Crippen LogP contribution in [0.3, 0.4) is 0 Å². The van der Waals surface area contributed by atoms with Crippen molar-refractivity contribution in [2.24, 2.45) is 0 Å². The van der Waals surface area contributed by atoms with Gasteiger partial charge in [0.05, 0.1) is 38.1 Å². The van der Waals surface area contributed by atoms with Gasteiger partial charge in [-0.25, -0.2) is 4.79 Å². The first-order valence-electron chi connectivity index (χ1n) is 9.97. The van der Waals surface area contributed by atoms with E-state index >= 15 is 0 Å². The number of allylic oxidation sites excluding steroid dienone is 1. The number of carbonyl (C=O) groups is 2. The molecule has 3 aromatic rings. The van der Waals surface area contributed by atoms with E-state index in [0.29, 0.717) is 22.8 Å². The molecule has 9 nitrogen and oxygen atoms in total. The number of ether oxygens (including phenoxy) is 4. The zero-order chi connectivity index (χ0) is 24.7. The molecular formula is C25H22NO8-. The lowest BCUT2D eigenvalue weighted by Gasteiger charge is -2.21. The Balaban J connectivity index is 1.88. The molecule has 0 bridgehead atoms. The highest BCUT2D eigenvalue weighted by molar-refractivity contribution is 6.09. The standard InChI is InChI=1S/C25H22NO8/c1-31-19-9-10-20(21(27)11-7-16-8-12-22(32-2)24(13-16)33-3)23(15-19)34-25(28)17-5-4-6-18(14-17)26(29)30/h4-15,29H,1-3H3/q-1. The summed E-state index contributed by atoms with van der Waals surface area (Å²) >= 11 is 0. The van der Waals surface area contributed by atoms with E-state index < -0.39 is 11.8 Å². The highest BCUT2D eigenvalue weighted by atomic mass is 16.8. The Morgan fingerprint density at radius 3 is 2.32 bits per heavy atom. The number of nitrogens with zero attached hydrogens (tertiary/aromatic N) is 1. The summed E-state index contributed by atoms with van der Waals surface area (Å²) in [7, 11) is 4.48. The van der Waals surface area contributed by atoms with E-state index in [4.69, 9.17) is 24.2 Å². The summed E-state index contributed by atoms with van der Waals surface area (Å²) in [5, 5.41) is 19.8. The second-order valence-corrected chi connectivity index (χ2v) is 6.89. The molecule has 1 N–H and O–H groups in total. The SMILES string of the molecule is COc1ccc(C(=O)C=Cc2ccc(OC)c(OC)c2)c(OC(=O)c2cccc(N([O-])O)c2)c1. The molecule has 3 aromatic carbocycles. The molecule has 0 saturated heterocycles. The third kappa shape index (κ3) is 5.71. The second kappa shape index (κ2) is 11.0. The van der Waals surface area contributed by atoms with Gasteiger partial charge in [0.25, 0.3) is 0 Å². The quantitative estimate of drug-likeness (QED) is 0.160. The zero-order valence-corrected chi connectivity index (χ0v) is 18.7. The number of benzene rings is 3. The molecule has 0 aliphatic heterocycles. The Morgan fingerprint density at radius 2 is 1.65 bits per heavy atom. The van der Waals surface area contributed by atoms with Gasteiger partial charge in [-0.05, 0) is 54.1 Å². The predicted octanol–water partition coefficient (Wildman–Crippen LogP) is 4.52. The molecule has 0 aliphatic rings. The van der Waals surface area contributed by atoms with Crippen molar-refractivity contribution >= 4 is 23.5 Å². The normalized spacial score (nSPS) is 10.6. The van der Waals surface area contributed by atoms with Gasteiger partial charge in [0.2, 0.25) is 0 Å². The van der Waals surface area contributed by atoms with Gasteiger partial charge in [-0.2, -0.15) is 0 Å². The largest absolute Gasteiger partial charge is 0.733 e. The molecule has 0 atom stereocenters. The maximum Gasteiger partial charge on any atom is 0.343 e. The molecule has 0 aliphatic carbocycles. The van der Waals surface area contributed by atoms with Crippen LogP contribution in [-0.2, 0) is 0 Å². The van der Waals surface area contributed by atoms with E-state index in [9.17, 15) is 14.8 Å². The first kappa shape index (κ1) is 24.3. The number of hydrogen-bond acceptors (Lipinski definition) is 9. The van der Waals surface area contributed by atoms with Gasteiger partial charge in [0, 0.05) is 6.07 Å². The van der Waals surface area contributed by atoms with Gasteiger partial charge in [-0.1, -0.05) is 18.2 Å². The van der Waals surface area contributed by atoms with Crippen LogP contribution >= 0.6 is 0 Å². The summed E-state index contributed by atoms with van der Waals surface area (Å²) in [6, 6.07) is 14.9. The lowest BCUT2D eigenvalue weighted by Crippen LogP contribution is -2.13. The lowest BCUT2D eigenvalue weighted by atomic mass is 10.1. The fourth-order valence-electron chi connectivity index (χ4n) is 3.05. The van der Waals surface area contributed by atoms with Gasteiger partial charge in [-0.15, -0.1) is 0 Å². The first-order chi connectivity index (χ1) is 16.4. The highest BCUT2D eigenvalue weighted by Crippen LogP contribution is 2.29. The van der Waals surface area contributed by atoms with Crippen molar-refractivity contribution in [3.63, 3.8) is 0 Å². The minimum absolute atomic E-state index is 0.00879. The van der Waals surface area contributed by atoms with Crippen LogP contribution in [0.2, 0.25) is 0 Å². The summed E-state index contributed by atoms with van der Waals surface area (Å²) in [4.78, 5) is 25.6. The summed E-state index contributed by atoms with van der Waals surface area (Å²) in [6.07, 6.45) is 2.93. The maximum atomic E-state index is 12.9. The first-order valence-corrected chi connectivity index (χ1v) is 9.97. The molecule has 0 radical (unpaired) electrons. The van der Waals surface area contributed by atoms with E-state index in [1.165, 1.54) is 57.7 Å². The monoisotopic (exact) mass is 464 g/mol. The molecule has 3 rings (SSSR count). The van der Waals surface area contributed by atoms with Crippen molar-refractivity contribution in [3.8, 4) is 23.0 Å². The average molecular weight is 464 g/mol. The molecule has 176 valence electrons. The van der Waals surface area contributed by atoms with Crippen molar-refractivity contribution < 1.29 is 33.7 Å². The van der Waals surface area contributed by atoms with Gasteiger partial charge in [0.1, 0.15) is 11.5 Å². The molecule has 0 amide bonds. The third-order valence-electron chi connectivity index (χ3n) is 4.79.